The molecule has 4 nitrogen and oxygen atoms in total. The second-order valence-electron chi connectivity index (χ2n) is 9.99. The van der Waals surface area contributed by atoms with Crippen LogP contribution < -0.4 is 5.32 Å². The van der Waals surface area contributed by atoms with Gasteiger partial charge in [-0.25, -0.2) is 0 Å². The lowest BCUT2D eigenvalue weighted by Crippen LogP contribution is -2.48. The zero-order valence-corrected chi connectivity index (χ0v) is 20.8. The highest BCUT2D eigenvalue weighted by Crippen LogP contribution is 2.46. The minimum absolute atomic E-state index is 0.151. The highest BCUT2D eigenvalue weighted by atomic mass is 35.5. The SMILES string of the molecule is Cc1cc(-c2ccc(Cl)cc2)cc(C)c1C1=C(OC(=O)C(C)C)C2(CCC(C)CC2)NC1=O. The summed E-state index contributed by atoms with van der Waals surface area (Å²) in [6.07, 6.45) is 3.55. The van der Waals surface area contributed by atoms with E-state index in [4.69, 9.17) is 16.3 Å². The highest BCUT2D eigenvalue weighted by Gasteiger charge is 2.50. The number of esters is 1. The predicted molar refractivity (Wildman–Crippen MR) is 133 cm³/mol. The zero-order chi connectivity index (χ0) is 23.9. The first-order valence-electron chi connectivity index (χ1n) is 11.8. The minimum atomic E-state index is -0.600. The largest absolute Gasteiger partial charge is 0.427 e. The molecule has 5 heteroatoms. The van der Waals surface area contributed by atoms with Gasteiger partial charge in [-0.05, 0) is 85.4 Å². The van der Waals surface area contributed by atoms with Crippen LogP contribution >= 0.6 is 11.6 Å². The maximum absolute atomic E-state index is 13.4. The molecule has 1 heterocycles. The van der Waals surface area contributed by atoms with Crippen LogP contribution in [-0.2, 0) is 14.3 Å². The number of nitrogens with one attached hydrogen (secondary N) is 1. The molecule has 1 aliphatic heterocycles. The molecule has 0 aromatic heterocycles. The van der Waals surface area contributed by atoms with E-state index in [1.165, 1.54) is 0 Å². The molecule has 33 heavy (non-hydrogen) atoms. The first-order valence-corrected chi connectivity index (χ1v) is 12.2. The van der Waals surface area contributed by atoms with Gasteiger partial charge in [-0.2, -0.15) is 0 Å². The van der Waals surface area contributed by atoms with Gasteiger partial charge in [-0.1, -0.05) is 56.6 Å². The lowest BCUT2D eigenvalue weighted by molar-refractivity contribution is -0.144. The topological polar surface area (TPSA) is 55.4 Å². The number of aryl methyl sites for hydroxylation is 2. The van der Waals surface area contributed by atoms with Crippen molar-refractivity contribution < 1.29 is 14.3 Å². The molecule has 2 aliphatic rings. The van der Waals surface area contributed by atoms with Gasteiger partial charge in [-0.3, -0.25) is 9.59 Å². The lowest BCUT2D eigenvalue weighted by Gasteiger charge is -2.37. The van der Waals surface area contributed by atoms with E-state index in [-0.39, 0.29) is 17.8 Å². The summed E-state index contributed by atoms with van der Waals surface area (Å²) in [5.74, 6) is 0.388. The van der Waals surface area contributed by atoms with E-state index in [0.29, 0.717) is 22.3 Å². The van der Waals surface area contributed by atoms with Gasteiger partial charge in [0.25, 0.3) is 5.91 Å². The Labute approximate surface area is 201 Å². The van der Waals surface area contributed by atoms with Crippen LogP contribution in [0, 0.1) is 25.7 Å². The molecule has 1 amide bonds. The van der Waals surface area contributed by atoms with Crippen molar-refractivity contribution in [1.82, 2.24) is 5.32 Å². The molecule has 2 aromatic rings. The maximum Gasteiger partial charge on any atom is 0.313 e. The summed E-state index contributed by atoms with van der Waals surface area (Å²) >= 11 is 6.06. The average Bonchev–Trinajstić information content (AvgIpc) is 3.01. The third-order valence-electron chi connectivity index (χ3n) is 7.00. The normalized spacial score (nSPS) is 22.8. The van der Waals surface area contributed by atoms with Crippen LogP contribution in [0.2, 0.25) is 5.02 Å². The molecule has 2 aromatic carbocycles. The quantitative estimate of drug-likeness (QED) is 0.516. The van der Waals surface area contributed by atoms with E-state index < -0.39 is 5.54 Å². The van der Waals surface area contributed by atoms with Crippen LogP contribution in [0.4, 0.5) is 0 Å². The van der Waals surface area contributed by atoms with Crippen molar-refractivity contribution in [3.05, 3.63) is 63.9 Å². The standard InChI is InChI=1S/C28H32ClNO3/c1-16(2)27(32)33-25-24(26(31)30-28(25)12-10-17(3)11-13-28)23-18(4)14-21(15-19(23)5)20-6-8-22(29)9-7-20/h6-9,14-17H,10-13H2,1-5H3,(H,30,31). The van der Waals surface area contributed by atoms with Crippen molar-refractivity contribution >= 4 is 29.1 Å². The van der Waals surface area contributed by atoms with E-state index in [2.05, 4.69) is 24.4 Å². The van der Waals surface area contributed by atoms with Gasteiger partial charge >= 0.3 is 5.97 Å². The molecule has 1 aliphatic carbocycles. The molecule has 0 saturated heterocycles. The Kier molecular flexibility index (Phi) is 6.41. The van der Waals surface area contributed by atoms with E-state index in [1.54, 1.807) is 0 Å². The maximum atomic E-state index is 13.4. The number of ether oxygens (including phenoxy) is 1. The third kappa shape index (κ3) is 4.46. The van der Waals surface area contributed by atoms with E-state index in [9.17, 15) is 9.59 Å². The molecule has 174 valence electrons. The zero-order valence-electron chi connectivity index (χ0n) is 20.0. The Morgan fingerprint density at radius 2 is 1.64 bits per heavy atom. The van der Waals surface area contributed by atoms with Gasteiger partial charge in [0.1, 0.15) is 5.76 Å². The number of carbonyl (C=O) groups excluding carboxylic acids is 2. The Morgan fingerprint density at radius 1 is 1.06 bits per heavy atom. The van der Waals surface area contributed by atoms with Gasteiger partial charge in [0, 0.05) is 5.02 Å². The smallest absolute Gasteiger partial charge is 0.313 e. The van der Waals surface area contributed by atoms with Crippen molar-refractivity contribution in [2.75, 3.05) is 0 Å². The summed E-state index contributed by atoms with van der Waals surface area (Å²) in [7, 11) is 0. The molecule has 1 spiro atoms. The average molecular weight is 466 g/mol. The first kappa shape index (κ1) is 23.6. The summed E-state index contributed by atoms with van der Waals surface area (Å²) in [4.78, 5) is 26.1. The molecule has 1 saturated carbocycles. The van der Waals surface area contributed by atoms with Crippen LogP contribution in [0.15, 0.2) is 42.2 Å². The van der Waals surface area contributed by atoms with E-state index in [0.717, 1.165) is 53.5 Å². The second kappa shape index (κ2) is 8.98. The Morgan fingerprint density at radius 3 is 2.18 bits per heavy atom. The molecular weight excluding hydrogens is 434 g/mol. The van der Waals surface area contributed by atoms with Crippen molar-refractivity contribution in [3.63, 3.8) is 0 Å². The van der Waals surface area contributed by atoms with Gasteiger partial charge in [0.05, 0.1) is 17.0 Å². The molecule has 0 bridgehead atoms. The Hall–Kier alpha value is -2.59. The van der Waals surface area contributed by atoms with Crippen molar-refractivity contribution in [2.24, 2.45) is 11.8 Å². The monoisotopic (exact) mass is 465 g/mol. The number of amides is 1. The first-order chi connectivity index (χ1) is 15.6. The number of rotatable bonds is 4. The molecule has 1 N–H and O–H groups in total. The van der Waals surface area contributed by atoms with Gasteiger partial charge in [0.15, 0.2) is 0 Å². The summed E-state index contributed by atoms with van der Waals surface area (Å²) in [5, 5.41) is 3.93. The van der Waals surface area contributed by atoms with E-state index >= 15 is 0 Å². The molecule has 1 fully saturated rings. The van der Waals surface area contributed by atoms with Crippen LogP contribution in [0.5, 0.6) is 0 Å². The second-order valence-corrected chi connectivity index (χ2v) is 10.4. The fraction of sp³-hybridized carbons (Fsp3) is 0.429. The van der Waals surface area contributed by atoms with Crippen molar-refractivity contribution in [3.8, 4) is 11.1 Å². The summed E-state index contributed by atoms with van der Waals surface area (Å²) in [5.41, 5.74) is 4.84. The fourth-order valence-electron chi connectivity index (χ4n) is 5.05. The summed E-state index contributed by atoms with van der Waals surface area (Å²) in [6.45, 7) is 9.90. The van der Waals surface area contributed by atoms with Gasteiger partial charge in [-0.15, -0.1) is 0 Å². The van der Waals surface area contributed by atoms with Crippen LogP contribution in [-0.4, -0.2) is 17.4 Å². The summed E-state index contributed by atoms with van der Waals surface area (Å²) < 4.78 is 6.02. The molecule has 0 atom stereocenters. The summed E-state index contributed by atoms with van der Waals surface area (Å²) in [6, 6.07) is 11.9. The lowest BCUT2D eigenvalue weighted by atomic mass is 9.76. The number of benzene rings is 2. The molecule has 4 rings (SSSR count). The van der Waals surface area contributed by atoms with Crippen LogP contribution in [0.1, 0.15) is 63.1 Å². The number of hydrogen-bond donors (Lipinski definition) is 1. The van der Waals surface area contributed by atoms with E-state index in [1.807, 2.05) is 52.0 Å². The number of carbonyl (C=O) groups is 2. The van der Waals surface area contributed by atoms with Crippen molar-refractivity contribution in [1.29, 1.82) is 0 Å². The van der Waals surface area contributed by atoms with Crippen molar-refractivity contribution in [2.45, 2.75) is 65.8 Å². The molecular formula is C28H32ClNO3. The molecule has 0 radical (unpaired) electrons. The van der Waals surface area contributed by atoms with Gasteiger partial charge < -0.3 is 10.1 Å². The number of halogens is 1. The predicted octanol–water partition coefficient (Wildman–Crippen LogP) is 6.61. The van der Waals surface area contributed by atoms with Crippen LogP contribution in [0.3, 0.4) is 0 Å². The third-order valence-corrected chi connectivity index (χ3v) is 7.26. The highest BCUT2D eigenvalue weighted by molar-refractivity contribution is 6.30. The molecule has 0 unspecified atom stereocenters. The van der Waals surface area contributed by atoms with Crippen LogP contribution in [0.25, 0.3) is 16.7 Å². The Balaban J connectivity index is 1.85. The minimum Gasteiger partial charge on any atom is -0.427 e. The Bertz CT molecular complexity index is 1100. The number of hydrogen-bond acceptors (Lipinski definition) is 3. The fourth-order valence-corrected chi connectivity index (χ4v) is 5.17. The van der Waals surface area contributed by atoms with Gasteiger partial charge in [0.2, 0.25) is 0 Å².